The molecule has 6 heteroatoms. The maximum atomic E-state index is 12.2. The Morgan fingerprint density at radius 2 is 2.00 bits per heavy atom. The van der Waals surface area contributed by atoms with E-state index in [9.17, 15) is 9.59 Å². The zero-order chi connectivity index (χ0) is 15.6. The minimum Gasteiger partial charge on any atom is -0.496 e. The van der Waals surface area contributed by atoms with Gasteiger partial charge in [-0.3, -0.25) is 9.59 Å². The predicted octanol–water partition coefficient (Wildman–Crippen LogP) is 4.05. The molecule has 0 saturated carbocycles. The molecule has 0 N–H and O–H groups in total. The average Bonchev–Trinajstić information content (AvgIpc) is 2.87. The molecule has 0 spiro atoms. The number of esters is 1. The van der Waals surface area contributed by atoms with Crippen LogP contribution in [-0.4, -0.2) is 26.0 Å². The van der Waals surface area contributed by atoms with Crippen LogP contribution < -0.4 is 4.74 Å². The van der Waals surface area contributed by atoms with Crippen molar-refractivity contribution in [2.75, 3.05) is 14.2 Å². The standard InChI is InChI=1S/C15H15BrO4S/c1-8(15(18)20-3)4-11(17)14-6-9-5-10(16)12(19-2)7-13(9)21-14/h5-8H,4H2,1-3H3/t8-/m0/s1. The fourth-order valence-electron chi connectivity index (χ4n) is 2.00. The van der Waals surface area contributed by atoms with E-state index in [-0.39, 0.29) is 18.2 Å². The first kappa shape index (κ1) is 16.0. The van der Waals surface area contributed by atoms with E-state index in [0.29, 0.717) is 4.88 Å². The Labute approximate surface area is 135 Å². The highest BCUT2D eigenvalue weighted by Crippen LogP contribution is 2.35. The van der Waals surface area contributed by atoms with E-state index in [1.807, 2.05) is 18.2 Å². The number of methoxy groups -OCH3 is 2. The number of benzene rings is 1. The molecule has 0 aliphatic carbocycles. The highest BCUT2D eigenvalue weighted by Gasteiger charge is 2.20. The number of hydrogen-bond acceptors (Lipinski definition) is 5. The lowest BCUT2D eigenvalue weighted by Crippen LogP contribution is -2.16. The van der Waals surface area contributed by atoms with Crippen LogP contribution in [0.1, 0.15) is 23.0 Å². The van der Waals surface area contributed by atoms with Crippen LogP contribution in [0.4, 0.5) is 0 Å². The first-order chi connectivity index (χ1) is 9.96. The molecule has 2 rings (SSSR count). The first-order valence-corrected chi connectivity index (χ1v) is 7.95. The van der Waals surface area contributed by atoms with Gasteiger partial charge in [-0.15, -0.1) is 11.3 Å². The molecule has 0 aliphatic rings. The van der Waals surface area contributed by atoms with Gasteiger partial charge in [0.2, 0.25) is 0 Å². The summed E-state index contributed by atoms with van der Waals surface area (Å²) in [6.07, 6.45) is 0.151. The molecule has 0 bridgehead atoms. The number of carbonyl (C=O) groups is 2. The van der Waals surface area contributed by atoms with Crippen molar-refractivity contribution in [3.63, 3.8) is 0 Å². The summed E-state index contributed by atoms with van der Waals surface area (Å²) < 4.78 is 11.7. The number of ketones is 1. The first-order valence-electron chi connectivity index (χ1n) is 6.34. The van der Waals surface area contributed by atoms with Gasteiger partial charge in [0.25, 0.3) is 0 Å². The van der Waals surface area contributed by atoms with Gasteiger partial charge in [0, 0.05) is 11.1 Å². The van der Waals surface area contributed by atoms with Crippen molar-refractivity contribution in [1.82, 2.24) is 0 Å². The lowest BCUT2D eigenvalue weighted by atomic mass is 10.0. The molecule has 0 radical (unpaired) electrons. The maximum absolute atomic E-state index is 12.2. The van der Waals surface area contributed by atoms with E-state index in [4.69, 9.17) is 4.74 Å². The number of Topliss-reactive ketones (excluding diaryl/α,β-unsaturated/α-hetero) is 1. The van der Waals surface area contributed by atoms with Crippen molar-refractivity contribution in [1.29, 1.82) is 0 Å². The van der Waals surface area contributed by atoms with Gasteiger partial charge in [-0.25, -0.2) is 0 Å². The van der Waals surface area contributed by atoms with Crippen LogP contribution in [0.25, 0.3) is 10.1 Å². The Morgan fingerprint density at radius 3 is 2.62 bits per heavy atom. The van der Waals surface area contributed by atoms with E-state index in [2.05, 4.69) is 20.7 Å². The molecule has 0 unspecified atom stereocenters. The van der Waals surface area contributed by atoms with Crippen molar-refractivity contribution < 1.29 is 19.1 Å². The SMILES string of the molecule is COC(=O)[C@@H](C)CC(=O)c1cc2cc(Br)c(OC)cc2s1. The van der Waals surface area contributed by atoms with Crippen LogP contribution in [0, 0.1) is 5.92 Å². The second-order valence-corrected chi connectivity index (χ2v) is 6.62. The average molecular weight is 371 g/mol. The van der Waals surface area contributed by atoms with E-state index in [1.54, 1.807) is 14.0 Å². The fourth-order valence-corrected chi connectivity index (χ4v) is 3.54. The molecule has 1 aromatic carbocycles. The Morgan fingerprint density at radius 1 is 1.29 bits per heavy atom. The quantitative estimate of drug-likeness (QED) is 0.588. The highest BCUT2D eigenvalue weighted by atomic mass is 79.9. The van der Waals surface area contributed by atoms with E-state index < -0.39 is 5.92 Å². The molecular formula is C15H15BrO4S. The smallest absolute Gasteiger partial charge is 0.308 e. The summed E-state index contributed by atoms with van der Waals surface area (Å²) >= 11 is 4.83. The second-order valence-electron chi connectivity index (χ2n) is 4.69. The van der Waals surface area contributed by atoms with Crippen molar-refractivity contribution in [2.45, 2.75) is 13.3 Å². The molecule has 0 amide bonds. The molecule has 4 nitrogen and oxygen atoms in total. The third-order valence-electron chi connectivity index (χ3n) is 3.16. The Bertz CT molecular complexity index is 692. The summed E-state index contributed by atoms with van der Waals surface area (Å²) in [4.78, 5) is 24.3. The number of hydrogen-bond donors (Lipinski definition) is 0. The van der Waals surface area contributed by atoms with Gasteiger partial charge in [-0.1, -0.05) is 6.92 Å². The van der Waals surface area contributed by atoms with Gasteiger partial charge in [0.15, 0.2) is 5.78 Å². The van der Waals surface area contributed by atoms with E-state index in [1.165, 1.54) is 18.4 Å². The van der Waals surface area contributed by atoms with Gasteiger partial charge >= 0.3 is 5.97 Å². The van der Waals surface area contributed by atoms with E-state index in [0.717, 1.165) is 20.3 Å². The van der Waals surface area contributed by atoms with Gasteiger partial charge < -0.3 is 9.47 Å². The molecule has 1 atom stereocenters. The summed E-state index contributed by atoms with van der Waals surface area (Å²) in [5.74, 6) is -0.127. The summed E-state index contributed by atoms with van der Waals surface area (Å²) in [5.41, 5.74) is 0. The van der Waals surface area contributed by atoms with Gasteiger partial charge in [-0.05, 0) is 39.5 Å². The van der Waals surface area contributed by atoms with Gasteiger partial charge in [-0.2, -0.15) is 0 Å². The van der Waals surface area contributed by atoms with Crippen LogP contribution in [0.2, 0.25) is 0 Å². The zero-order valence-corrected chi connectivity index (χ0v) is 14.3. The Kier molecular flexibility index (Phi) is 5.00. The highest BCUT2D eigenvalue weighted by molar-refractivity contribution is 9.10. The number of carbonyl (C=O) groups excluding carboxylic acids is 2. The van der Waals surface area contributed by atoms with Crippen molar-refractivity contribution in [3.8, 4) is 5.75 Å². The molecule has 1 heterocycles. The summed E-state index contributed by atoms with van der Waals surface area (Å²) in [7, 11) is 2.93. The number of fused-ring (bicyclic) bond motifs is 1. The maximum Gasteiger partial charge on any atom is 0.308 e. The number of halogens is 1. The third kappa shape index (κ3) is 3.44. The number of thiophene rings is 1. The van der Waals surface area contributed by atoms with Crippen LogP contribution in [0.15, 0.2) is 22.7 Å². The summed E-state index contributed by atoms with van der Waals surface area (Å²) in [5, 5.41) is 0.974. The Hall–Kier alpha value is -1.40. The summed E-state index contributed by atoms with van der Waals surface area (Å²) in [6.45, 7) is 1.69. The molecule has 2 aromatic rings. The van der Waals surface area contributed by atoms with Crippen molar-refractivity contribution in [2.24, 2.45) is 5.92 Å². The van der Waals surface area contributed by atoms with Gasteiger partial charge in [0.05, 0.1) is 29.5 Å². The molecule has 21 heavy (non-hydrogen) atoms. The largest absolute Gasteiger partial charge is 0.496 e. The summed E-state index contributed by atoms with van der Waals surface area (Å²) in [6, 6.07) is 5.66. The topological polar surface area (TPSA) is 52.6 Å². The molecule has 112 valence electrons. The van der Waals surface area contributed by atoms with E-state index >= 15 is 0 Å². The normalized spacial score (nSPS) is 12.2. The van der Waals surface area contributed by atoms with Crippen LogP contribution in [-0.2, 0) is 9.53 Å². The minimum absolute atomic E-state index is 0.0517. The third-order valence-corrected chi connectivity index (χ3v) is 4.92. The molecule has 0 aliphatic heterocycles. The van der Waals surface area contributed by atoms with Gasteiger partial charge in [0.1, 0.15) is 5.75 Å². The molecule has 1 aromatic heterocycles. The minimum atomic E-state index is -0.436. The zero-order valence-electron chi connectivity index (χ0n) is 11.9. The second kappa shape index (κ2) is 6.58. The van der Waals surface area contributed by atoms with Crippen LogP contribution >= 0.6 is 27.3 Å². The lowest BCUT2D eigenvalue weighted by Gasteiger charge is -2.06. The molecule has 0 fully saturated rings. The number of rotatable bonds is 5. The van der Waals surface area contributed by atoms with Crippen molar-refractivity contribution in [3.05, 3.63) is 27.5 Å². The van der Waals surface area contributed by atoms with Crippen LogP contribution in [0.5, 0.6) is 5.75 Å². The predicted molar refractivity (Wildman–Crippen MR) is 86.2 cm³/mol. The van der Waals surface area contributed by atoms with Crippen LogP contribution in [0.3, 0.4) is 0 Å². The number of ether oxygens (including phenoxy) is 2. The monoisotopic (exact) mass is 370 g/mol. The Balaban J connectivity index is 2.26. The molecule has 0 saturated heterocycles. The van der Waals surface area contributed by atoms with Crippen molar-refractivity contribution >= 4 is 49.1 Å². The fraction of sp³-hybridized carbons (Fsp3) is 0.333. The lowest BCUT2D eigenvalue weighted by molar-refractivity contribution is -0.144. The molecular weight excluding hydrogens is 356 g/mol.